The van der Waals surface area contributed by atoms with E-state index in [2.05, 4.69) is 51.1 Å². The third-order valence-electron chi connectivity index (χ3n) is 10.4. The zero-order chi connectivity index (χ0) is 52.6. The van der Waals surface area contributed by atoms with Crippen LogP contribution in [0.2, 0.25) is 0 Å². The molecule has 8 aromatic rings. The Balaban J connectivity index is 1.07. The second-order valence-electron chi connectivity index (χ2n) is 15.2. The van der Waals surface area contributed by atoms with E-state index in [1.165, 1.54) is 107 Å². The summed E-state index contributed by atoms with van der Waals surface area (Å²) in [5, 5.41) is 73.1. The molecule has 0 fully saturated rings. The number of azo groups is 4. The maximum Gasteiger partial charge on any atom is 0.296 e. The van der Waals surface area contributed by atoms with E-state index in [9.17, 15) is 54.2 Å². The summed E-state index contributed by atoms with van der Waals surface area (Å²) in [6, 6.07) is 22.0. The van der Waals surface area contributed by atoms with Crippen LogP contribution in [0, 0.1) is 6.92 Å². The molecule has 0 atom stereocenters. The molecule has 0 radical (unpaired) electrons. The summed E-state index contributed by atoms with van der Waals surface area (Å²) in [4.78, 5) is -0.781. The van der Waals surface area contributed by atoms with Gasteiger partial charge in [0.2, 0.25) is 0 Å². The standard InChI is InChI=1S/C44H35N11O15S3/c1-22-13-27(71(59,60)61)10-12-36(22)55-53-29-16-35(41(72(62,63)64)21-30(29)54-55)51-50-34-20-39(69-3)33(19-40(34)70-4)49-48-32-17-37(57)31(18-38(32)68-2)47-52-43-42(73(65,66)67)15-23-14-25(7-11-28(23)44(43)58)46-45-24-5-8-26(56)9-6-24/h5-21,56-58H,1-4H3,(H,59,60,61)(H,62,63,64)(H,65,66,67). The highest BCUT2D eigenvalue weighted by Crippen LogP contribution is 2.46. The number of hydrogen-bond donors (Lipinski definition) is 6. The Hall–Kier alpha value is -8.87. The summed E-state index contributed by atoms with van der Waals surface area (Å²) in [5.41, 5.74) is 0.0229. The highest BCUT2D eigenvalue weighted by molar-refractivity contribution is 7.86. The highest BCUT2D eigenvalue weighted by Gasteiger charge is 2.24. The zero-order valence-corrected chi connectivity index (χ0v) is 40.3. The first-order valence-corrected chi connectivity index (χ1v) is 24.7. The third-order valence-corrected chi connectivity index (χ3v) is 13.0. The van der Waals surface area contributed by atoms with Crippen LogP contribution in [-0.4, -0.2) is 90.6 Å². The number of hydrogen-bond acceptors (Lipinski definition) is 22. The van der Waals surface area contributed by atoms with Gasteiger partial charge < -0.3 is 29.5 Å². The van der Waals surface area contributed by atoms with E-state index >= 15 is 0 Å². The van der Waals surface area contributed by atoms with Gasteiger partial charge >= 0.3 is 0 Å². The van der Waals surface area contributed by atoms with Crippen LogP contribution in [-0.2, 0) is 30.4 Å². The van der Waals surface area contributed by atoms with Gasteiger partial charge in [0.25, 0.3) is 30.4 Å². The minimum Gasteiger partial charge on any atom is -0.508 e. The number of phenolic OH excluding ortho intramolecular Hbond substituents is 3. The molecule has 29 heteroatoms. The van der Waals surface area contributed by atoms with E-state index in [1.807, 2.05) is 0 Å². The van der Waals surface area contributed by atoms with Crippen molar-refractivity contribution in [2.24, 2.45) is 40.9 Å². The number of phenols is 3. The fourth-order valence-corrected chi connectivity index (χ4v) is 8.73. The number of ether oxygens (including phenoxy) is 3. The number of rotatable bonds is 15. The van der Waals surface area contributed by atoms with E-state index in [0.717, 1.165) is 29.1 Å². The molecule has 0 bridgehead atoms. The predicted octanol–water partition coefficient (Wildman–Crippen LogP) is 10.4. The van der Waals surface area contributed by atoms with Crippen LogP contribution in [0.3, 0.4) is 0 Å². The van der Waals surface area contributed by atoms with Gasteiger partial charge in [0, 0.05) is 29.7 Å². The van der Waals surface area contributed by atoms with Gasteiger partial charge in [0.1, 0.15) is 83.7 Å². The molecule has 1 heterocycles. The Bertz CT molecular complexity index is 4020. The number of aromatic hydroxyl groups is 3. The SMILES string of the molecule is COc1cc(N=Nc2c(S(=O)(=O)O)cc3cc(N=Nc4ccc(O)cc4)ccc3c2O)c(O)cc1N=Nc1cc(OC)c(N=Nc2cc3nn(-c4ccc(S(=O)(=O)O)cc4C)nc3cc2S(=O)(=O)O)cc1OC. The molecule has 0 aliphatic heterocycles. The van der Waals surface area contributed by atoms with E-state index in [1.54, 1.807) is 0 Å². The Morgan fingerprint density at radius 3 is 1.58 bits per heavy atom. The van der Waals surface area contributed by atoms with Crippen molar-refractivity contribution in [3.05, 3.63) is 109 Å². The quantitative estimate of drug-likeness (QED) is 0.0410. The molecule has 0 aliphatic carbocycles. The normalized spacial score (nSPS) is 12.6. The molecule has 1 aromatic heterocycles. The summed E-state index contributed by atoms with van der Waals surface area (Å²) >= 11 is 0. The lowest BCUT2D eigenvalue weighted by molar-refractivity contribution is 0.404. The maximum atomic E-state index is 12.6. The van der Waals surface area contributed by atoms with Crippen LogP contribution in [0.1, 0.15) is 5.56 Å². The van der Waals surface area contributed by atoms with Crippen LogP contribution in [0.15, 0.2) is 159 Å². The highest BCUT2D eigenvalue weighted by atomic mass is 32.2. The molecule has 7 aromatic carbocycles. The van der Waals surface area contributed by atoms with Gasteiger partial charge in [-0.25, -0.2) is 0 Å². The molecule has 73 heavy (non-hydrogen) atoms. The summed E-state index contributed by atoms with van der Waals surface area (Å²) in [6.45, 7) is 1.54. The lowest BCUT2D eigenvalue weighted by atomic mass is 10.1. The van der Waals surface area contributed by atoms with Crippen LogP contribution in [0.4, 0.5) is 45.5 Å². The molecular weight excluding hydrogens is 1020 g/mol. The second kappa shape index (κ2) is 19.7. The number of aryl methyl sites for hydroxylation is 1. The average molecular weight is 1050 g/mol. The summed E-state index contributed by atoms with van der Waals surface area (Å²) in [5.74, 6) is -1.19. The minimum atomic E-state index is -5.03. The van der Waals surface area contributed by atoms with Crippen molar-refractivity contribution < 1.29 is 68.4 Å². The summed E-state index contributed by atoms with van der Waals surface area (Å²) in [7, 11) is -10.6. The molecule has 0 spiro atoms. The van der Waals surface area contributed by atoms with Crippen molar-refractivity contribution in [1.82, 2.24) is 15.0 Å². The summed E-state index contributed by atoms with van der Waals surface area (Å²) in [6.07, 6.45) is 0. The first-order valence-electron chi connectivity index (χ1n) is 20.4. The first kappa shape index (κ1) is 50.5. The number of methoxy groups -OCH3 is 3. The van der Waals surface area contributed by atoms with Crippen molar-refractivity contribution in [3.8, 4) is 40.2 Å². The minimum absolute atomic E-state index is 0.00268. The van der Waals surface area contributed by atoms with Gasteiger partial charge in [-0.15, -0.1) is 40.9 Å². The zero-order valence-electron chi connectivity index (χ0n) is 37.8. The van der Waals surface area contributed by atoms with Gasteiger partial charge in [-0.3, -0.25) is 13.7 Å². The fourth-order valence-electron chi connectivity index (χ4n) is 6.88. The van der Waals surface area contributed by atoms with Crippen LogP contribution < -0.4 is 14.2 Å². The van der Waals surface area contributed by atoms with Gasteiger partial charge in [-0.2, -0.15) is 40.3 Å². The number of benzene rings is 7. The van der Waals surface area contributed by atoms with E-state index < -0.39 is 57.3 Å². The third kappa shape index (κ3) is 10.9. The Labute approximate surface area is 412 Å². The van der Waals surface area contributed by atoms with Gasteiger partial charge in [0.15, 0.2) is 5.75 Å². The van der Waals surface area contributed by atoms with Gasteiger partial charge in [0.05, 0.1) is 43.3 Å². The summed E-state index contributed by atoms with van der Waals surface area (Å²) < 4.78 is 120. The van der Waals surface area contributed by atoms with Crippen molar-refractivity contribution in [1.29, 1.82) is 0 Å². The Kier molecular flexibility index (Phi) is 13.7. The molecular formula is C44H35N11O15S3. The smallest absolute Gasteiger partial charge is 0.296 e. The van der Waals surface area contributed by atoms with Crippen LogP contribution >= 0.6 is 0 Å². The van der Waals surface area contributed by atoms with Gasteiger partial charge in [-0.1, -0.05) is 0 Å². The monoisotopic (exact) mass is 1050 g/mol. The van der Waals surface area contributed by atoms with Gasteiger partial charge in [-0.05, 0) is 96.7 Å². The molecule has 0 saturated carbocycles. The molecule has 6 N–H and O–H groups in total. The second-order valence-corrected chi connectivity index (χ2v) is 19.4. The van der Waals surface area contributed by atoms with E-state index in [0.29, 0.717) is 11.3 Å². The molecule has 374 valence electrons. The molecule has 26 nitrogen and oxygen atoms in total. The van der Waals surface area contributed by atoms with E-state index in [-0.39, 0.29) is 89.5 Å². The fraction of sp³-hybridized carbons (Fsp3) is 0.0909. The van der Waals surface area contributed by atoms with Crippen molar-refractivity contribution >= 4 is 97.7 Å². The lowest BCUT2D eigenvalue weighted by Crippen LogP contribution is -2.04. The molecule has 8 rings (SSSR count). The van der Waals surface area contributed by atoms with Crippen molar-refractivity contribution in [3.63, 3.8) is 0 Å². The van der Waals surface area contributed by atoms with E-state index in [4.69, 9.17) is 14.2 Å². The number of nitrogens with zero attached hydrogens (tertiary/aromatic N) is 11. The molecule has 0 saturated heterocycles. The predicted molar refractivity (Wildman–Crippen MR) is 258 cm³/mol. The number of aromatic nitrogens is 3. The van der Waals surface area contributed by atoms with Crippen molar-refractivity contribution in [2.75, 3.05) is 21.3 Å². The van der Waals surface area contributed by atoms with Crippen LogP contribution in [0.5, 0.6) is 34.5 Å². The van der Waals surface area contributed by atoms with Crippen LogP contribution in [0.25, 0.3) is 27.5 Å². The average Bonchev–Trinajstić information content (AvgIpc) is 3.76. The molecule has 0 amide bonds. The molecule has 0 unspecified atom stereocenters. The molecule has 0 aliphatic rings. The largest absolute Gasteiger partial charge is 0.508 e. The first-order chi connectivity index (χ1) is 34.5. The topological polar surface area (TPSA) is 381 Å². The lowest BCUT2D eigenvalue weighted by Gasteiger charge is -2.10. The Morgan fingerprint density at radius 1 is 0.493 bits per heavy atom. The maximum absolute atomic E-state index is 12.6. The van der Waals surface area contributed by atoms with Crippen molar-refractivity contribution in [2.45, 2.75) is 21.6 Å². The Morgan fingerprint density at radius 2 is 1.01 bits per heavy atom. The number of fused-ring (bicyclic) bond motifs is 2.